The third kappa shape index (κ3) is 7.89. The fourth-order valence-electron chi connectivity index (χ4n) is 2.89. The number of aromatic nitrogens is 4. The molecule has 3 rings (SSSR count). The summed E-state index contributed by atoms with van der Waals surface area (Å²) < 4.78 is 39.5. The van der Waals surface area contributed by atoms with Gasteiger partial charge in [-0.1, -0.05) is 0 Å². The number of carbonyl (C=O) groups is 2. The highest BCUT2D eigenvalue weighted by atomic mass is 19.4. The van der Waals surface area contributed by atoms with Crippen molar-refractivity contribution in [3.05, 3.63) is 42.0 Å². The maximum Gasteiger partial charge on any atom is 0.490 e. The third-order valence-electron chi connectivity index (χ3n) is 4.46. The second kappa shape index (κ2) is 11.5. The number of halogens is 3. The lowest BCUT2D eigenvalue weighted by atomic mass is 10.1. The molecule has 2 aromatic rings. The van der Waals surface area contributed by atoms with Crippen molar-refractivity contribution in [3.63, 3.8) is 0 Å². The maximum absolute atomic E-state index is 12.8. The Morgan fingerprint density at radius 2 is 1.94 bits per heavy atom. The summed E-state index contributed by atoms with van der Waals surface area (Å²) in [5.74, 6) is -2.60. The molecule has 13 heteroatoms. The molecule has 1 atom stereocenters. The summed E-state index contributed by atoms with van der Waals surface area (Å²) in [7, 11) is 4.04. The van der Waals surface area contributed by atoms with Crippen LogP contribution in [0.4, 0.5) is 13.2 Å². The van der Waals surface area contributed by atoms with Gasteiger partial charge in [0.15, 0.2) is 0 Å². The molecule has 0 saturated heterocycles. The van der Waals surface area contributed by atoms with E-state index in [-0.39, 0.29) is 11.8 Å². The van der Waals surface area contributed by atoms with E-state index in [9.17, 15) is 18.0 Å². The fourth-order valence-corrected chi connectivity index (χ4v) is 2.89. The van der Waals surface area contributed by atoms with Crippen LogP contribution in [0.5, 0.6) is 0 Å². The topological polar surface area (TPSA) is 114 Å². The van der Waals surface area contributed by atoms with E-state index < -0.39 is 12.1 Å². The predicted octanol–water partition coefficient (Wildman–Crippen LogP) is 1.16. The predicted molar refractivity (Wildman–Crippen MR) is 106 cm³/mol. The van der Waals surface area contributed by atoms with Crippen LogP contribution in [0.15, 0.2) is 30.7 Å². The number of rotatable bonds is 6. The molecular formula is C19H25F3N6O4. The first-order valence-corrected chi connectivity index (χ1v) is 9.67. The van der Waals surface area contributed by atoms with E-state index in [4.69, 9.17) is 14.6 Å². The summed E-state index contributed by atoms with van der Waals surface area (Å²) in [6.07, 6.45) is -0.258. The molecule has 176 valence electrons. The lowest BCUT2D eigenvalue weighted by molar-refractivity contribution is -0.192. The smallest absolute Gasteiger partial charge is 0.475 e. The fraction of sp³-hybridized carbons (Fsp3) is 0.526. The van der Waals surface area contributed by atoms with Gasteiger partial charge in [0.2, 0.25) is 0 Å². The Kier molecular flexibility index (Phi) is 9.08. The zero-order chi connectivity index (χ0) is 23.7. The molecule has 2 aromatic heterocycles. The van der Waals surface area contributed by atoms with Gasteiger partial charge in [-0.25, -0.2) is 4.79 Å². The Hall–Kier alpha value is -3.06. The van der Waals surface area contributed by atoms with Crippen molar-refractivity contribution in [2.75, 3.05) is 40.4 Å². The monoisotopic (exact) mass is 458 g/mol. The lowest BCUT2D eigenvalue weighted by Crippen LogP contribution is -2.35. The van der Waals surface area contributed by atoms with Crippen molar-refractivity contribution >= 4 is 11.9 Å². The molecular weight excluding hydrogens is 433 g/mol. The summed E-state index contributed by atoms with van der Waals surface area (Å²) in [6.45, 7) is 4.08. The number of carboxylic acid groups (broad SMARTS) is 1. The highest BCUT2D eigenvalue weighted by molar-refractivity contribution is 5.93. The van der Waals surface area contributed by atoms with Crippen LogP contribution in [0, 0.1) is 5.92 Å². The standard InChI is InChI=1S/C17H24N6O2.C2HF3O2/c1-21(2)7-8-25-13-14-10-22(12-16-4-6-20-23(16)11-14)17(24)15-3-5-18-19-9-15;3-2(4,5)1(6)7/h3-6,9,14H,7-8,10-13H2,1-2H3;(H,6,7). The molecule has 0 aliphatic carbocycles. The number of ether oxygens (including phenoxy) is 1. The number of hydrogen-bond donors (Lipinski definition) is 1. The molecule has 1 amide bonds. The van der Waals surface area contributed by atoms with Gasteiger partial charge in [-0.2, -0.15) is 28.5 Å². The number of carbonyl (C=O) groups excluding carboxylic acids is 1. The third-order valence-corrected chi connectivity index (χ3v) is 4.46. The molecule has 0 radical (unpaired) electrons. The number of hydrogen-bond acceptors (Lipinski definition) is 7. The number of fused-ring (bicyclic) bond motifs is 1. The molecule has 0 aromatic carbocycles. The summed E-state index contributed by atoms with van der Waals surface area (Å²) >= 11 is 0. The van der Waals surface area contributed by atoms with Gasteiger partial charge in [-0.05, 0) is 26.2 Å². The Morgan fingerprint density at radius 1 is 1.22 bits per heavy atom. The Labute approximate surface area is 182 Å². The van der Waals surface area contributed by atoms with Crippen LogP contribution < -0.4 is 0 Å². The summed E-state index contributed by atoms with van der Waals surface area (Å²) in [5.41, 5.74) is 1.58. The van der Waals surface area contributed by atoms with Crippen molar-refractivity contribution in [2.24, 2.45) is 5.92 Å². The molecule has 1 N–H and O–H groups in total. The SMILES string of the molecule is CN(C)CCOCC1CN(C(=O)c2ccnnc2)Cc2ccnn2C1.O=C(O)C(F)(F)F. The van der Waals surface area contributed by atoms with Crippen molar-refractivity contribution < 1.29 is 32.6 Å². The van der Waals surface area contributed by atoms with Crippen molar-refractivity contribution in [1.82, 2.24) is 29.8 Å². The Bertz CT molecular complexity index is 875. The van der Waals surface area contributed by atoms with Crippen LogP contribution in [-0.4, -0.2) is 93.3 Å². The molecule has 3 heterocycles. The molecule has 0 fully saturated rings. The Morgan fingerprint density at radius 3 is 2.53 bits per heavy atom. The highest BCUT2D eigenvalue weighted by Crippen LogP contribution is 2.18. The number of aliphatic carboxylic acids is 1. The molecule has 0 bridgehead atoms. The van der Waals surface area contributed by atoms with Gasteiger partial charge in [0.1, 0.15) is 0 Å². The number of nitrogens with zero attached hydrogens (tertiary/aromatic N) is 6. The highest BCUT2D eigenvalue weighted by Gasteiger charge is 2.38. The van der Waals surface area contributed by atoms with Crippen LogP contribution in [0.25, 0.3) is 0 Å². The van der Waals surface area contributed by atoms with Gasteiger partial charge in [0, 0.05) is 31.7 Å². The van der Waals surface area contributed by atoms with Gasteiger partial charge in [-0.15, -0.1) is 0 Å². The minimum absolute atomic E-state index is 0.0390. The Balaban J connectivity index is 0.000000451. The van der Waals surface area contributed by atoms with E-state index in [0.717, 1.165) is 18.8 Å². The lowest BCUT2D eigenvalue weighted by Gasteiger charge is -2.24. The van der Waals surface area contributed by atoms with E-state index in [0.29, 0.717) is 31.9 Å². The number of alkyl halides is 3. The first-order valence-electron chi connectivity index (χ1n) is 9.67. The summed E-state index contributed by atoms with van der Waals surface area (Å²) in [4.78, 5) is 25.7. The largest absolute Gasteiger partial charge is 0.490 e. The number of amides is 1. The molecule has 1 unspecified atom stereocenters. The first kappa shape index (κ1) is 25.2. The first-order chi connectivity index (χ1) is 15.1. The number of likely N-dealkylation sites (N-methyl/N-ethyl adjacent to an activating group) is 1. The van der Waals surface area contributed by atoms with Crippen LogP contribution in [-0.2, 0) is 22.6 Å². The number of carboxylic acids is 1. The van der Waals surface area contributed by atoms with E-state index in [1.165, 1.54) is 12.4 Å². The summed E-state index contributed by atoms with van der Waals surface area (Å²) in [5, 5.41) is 19.1. The normalized spacial score (nSPS) is 16.1. The molecule has 10 nitrogen and oxygen atoms in total. The van der Waals surface area contributed by atoms with Gasteiger partial charge >= 0.3 is 12.1 Å². The molecule has 0 saturated carbocycles. The minimum Gasteiger partial charge on any atom is -0.475 e. The molecule has 1 aliphatic rings. The summed E-state index contributed by atoms with van der Waals surface area (Å²) in [6, 6.07) is 3.65. The molecule has 32 heavy (non-hydrogen) atoms. The van der Waals surface area contributed by atoms with Gasteiger partial charge < -0.3 is 19.6 Å². The average molecular weight is 458 g/mol. The second-order valence-electron chi connectivity index (χ2n) is 7.37. The maximum atomic E-state index is 12.8. The average Bonchev–Trinajstić information content (AvgIpc) is 3.09. The van der Waals surface area contributed by atoms with Gasteiger partial charge in [0.05, 0.1) is 43.4 Å². The zero-order valence-electron chi connectivity index (χ0n) is 17.7. The van der Waals surface area contributed by atoms with Gasteiger partial charge in [0.25, 0.3) is 5.91 Å². The van der Waals surface area contributed by atoms with Crippen LogP contribution in [0.2, 0.25) is 0 Å². The van der Waals surface area contributed by atoms with Crippen molar-refractivity contribution in [2.45, 2.75) is 19.3 Å². The molecule has 1 aliphatic heterocycles. The molecule has 0 spiro atoms. The van der Waals surface area contributed by atoms with Gasteiger partial charge in [-0.3, -0.25) is 9.48 Å². The minimum atomic E-state index is -5.08. The van der Waals surface area contributed by atoms with E-state index in [2.05, 4.69) is 20.2 Å². The van der Waals surface area contributed by atoms with E-state index in [1.807, 2.05) is 29.7 Å². The second-order valence-corrected chi connectivity index (χ2v) is 7.37. The van der Waals surface area contributed by atoms with Crippen LogP contribution in [0.3, 0.4) is 0 Å². The quantitative estimate of drug-likeness (QED) is 0.642. The van der Waals surface area contributed by atoms with E-state index in [1.54, 1.807) is 12.3 Å². The van der Waals surface area contributed by atoms with Crippen molar-refractivity contribution in [3.8, 4) is 0 Å². The van der Waals surface area contributed by atoms with E-state index >= 15 is 0 Å². The van der Waals surface area contributed by atoms with Crippen LogP contribution in [0.1, 0.15) is 16.1 Å². The van der Waals surface area contributed by atoms with Crippen LogP contribution >= 0.6 is 0 Å². The zero-order valence-corrected chi connectivity index (χ0v) is 17.7. The van der Waals surface area contributed by atoms with Crippen molar-refractivity contribution in [1.29, 1.82) is 0 Å².